The monoisotopic (exact) mass is 325 g/mol. The predicted molar refractivity (Wildman–Crippen MR) is 77.3 cm³/mol. The second-order valence-corrected chi connectivity index (χ2v) is 6.21. The van der Waals surface area contributed by atoms with Crippen LogP contribution in [0.4, 0.5) is 15.9 Å². The number of aliphatic hydroxyl groups excluding tert-OH is 1. The van der Waals surface area contributed by atoms with E-state index in [1.165, 1.54) is 4.90 Å². The molecule has 8 nitrogen and oxygen atoms in total. The molecule has 1 unspecified atom stereocenters. The van der Waals surface area contributed by atoms with Crippen molar-refractivity contribution in [1.29, 1.82) is 0 Å². The SMILES string of the molecule is O=C(O)c1ccc([N+](=O)[O-])c(N2CC(F)(CO)C3(CCC3)C2)n1. The van der Waals surface area contributed by atoms with E-state index in [2.05, 4.69) is 4.98 Å². The number of hydrogen-bond acceptors (Lipinski definition) is 6. The third-order valence-electron chi connectivity index (χ3n) is 5.02. The first kappa shape index (κ1) is 15.6. The Bertz CT molecular complexity index is 667. The minimum absolute atomic E-state index is 0.158. The number of carboxylic acids is 1. The minimum atomic E-state index is -1.86. The lowest BCUT2D eigenvalue weighted by atomic mass is 9.61. The summed E-state index contributed by atoms with van der Waals surface area (Å²) in [5, 5.41) is 29.7. The number of nitrogens with zero attached hydrogens (tertiary/aromatic N) is 3. The molecule has 2 fully saturated rings. The molecule has 1 saturated heterocycles. The van der Waals surface area contributed by atoms with Crippen molar-refractivity contribution in [2.75, 3.05) is 24.6 Å². The van der Waals surface area contributed by atoms with Gasteiger partial charge in [0.15, 0.2) is 11.4 Å². The van der Waals surface area contributed by atoms with Gasteiger partial charge in [0.2, 0.25) is 5.82 Å². The van der Waals surface area contributed by atoms with Crippen LogP contribution in [-0.4, -0.2) is 51.5 Å². The Morgan fingerprint density at radius 1 is 1.43 bits per heavy atom. The molecule has 1 spiro atoms. The van der Waals surface area contributed by atoms with Crippen molar-refractivity contribution >= 4 is 17.5 Å². The van der Waals surface area contributed by atoms with Gasteiger partial charge < -0.3 is 15.1 Å². The summed E-state index contributed by atoms with van der Waals surface area (Å²) in [7, 11) is 0. The average Bonchev–Trinajstić information content (AvgIpc) is 2.81. The Morgan fingerprint density at radius 2 is 2.13 bits per heavy atom. The summed E-state index contributed by atoms with van der Waals surface area (Å²) < 4.78 is 15.1. The van der Waals surface area contributed by atoms with Crippen LogP contribution in [-0.2, 0) is 0 Å². The van der Waals surface area contributed by atoms with E-state index in [4.69, 9.17) is 5.11 Å². The summed E-state index contributed by atoms with van der Waals surface area (Å²) in [6, 6.07) is 2.12. The number of pyridine rings is 1. The topological polar surface area (TPSA) is 117 Å². The number of halogens is 1. The maximum Gasteiger partial charge on any atom is 0.354 e. The van der Waals surface area contributed by atoms with E-state index in [1.807, 2.05) is 0 Å². The van der Waals surface area contributed by atoms with Crippen molar-refractivity contribution in [3.63, 3.8) is 0 Å². The zero-order valence-corrected chi connectivity index (χ0v) is 12.2. The number of aliphatic hydroxyl groups is 1. The fraction of sp³-hybridized carbons (Fsp3) is 0.571. The molecule has 1 aliphatic carbocycles. The molecule has 2 aliphatic rings. The Labute approximate surface area is 130 Å². The maximum atomic E-state index is 15.1. The largest absolute Gasteiger partial charge is 0.477 e. The van der Waals surface area contributed by atoms with Crippen molar-refractivity contribution in [3.8, 4) is 0 Å². The average molecular weight is 325 g/mol. The second-order valence-electron chi connectivity index (χ2n) is 6.21. The Kier molecular flexibility index (Phi) is 3.47. The molecule has 1 saturated carbocycles. The third-order valence-corrected chi connectivity index (χ3v) is 5.02. The number of aromatic carboxylic acids is 1. The highest BCUT2D eigenvalue weighted by atomic mass is 19.1. The molecule has 2 N–H and O–H groups in total. The summed E-state index contributed by atoms with van der Waals surface area (Å²) in [6.45, 7) is -0.725. The number of nitro groups is 1. The first-order valence-electron chi connectivity index (χ1n) is 7.25. The second kappa shape index (κ2) is 5.12. The molecule has 1 aromatic rings. The van der Waals surface area contributed by atoms with Crippen molar-refractivity contribution in [2.45, 2.75) is 24.9 Å². The molecular formula is C14H16FN3O5. The quantitative estimate of drug-likeness (QED) is 0.634. The van der Waals surface area contributed by atoms with Gasteiger partial charge in [-0.25, -0.2) is 14.2 Å². The van der Waals surface area contributed by atoms with Crippen LogP contribution < -0.4 is 4.90 Å². The molecule has 0 amide bonds. The van der Waals surface area contributed by atoms with Gasteiger partial charge in [-0.05, 0) is 18.9 Å². The summed E-state index contributed by atoms with van der Waals surface area (Å²) in [5.74, 6) is -1.47. The number of anilines is 1. The van der Waals surface area contributed by atoms with Crippen LogP contribution in [0.3, 0.4) is 0 Å². The van der Waals surface area contributed by atoms with E-state index in [-0.39, 0.29) is 30.3 Å². The summed E-state index contributed by atoms with van der Waals surface area (Å²) >= 11 is 0. The van der Waals surface area contributed by atoms with E-state index in [0.29, 0.717) is 12.8 Å². The van der Waals surface area contributed by atoms with E-state index >= 15 is 4.39 Å². The zero-order valence-electron chi connectivity index (χ0n) is 12.2. The number of alkyl halides is 1. The van der Waals surface area contributed by atoms with Crippen LogP contribution in [0.2, 0.25) is 0 Å². The van der Waals surface area contributed by atoms with Gasteiger partial charge in [-0.1, -0.05) is 6.42 Å². The van der Waals surface area contributed by atoms with Crippen molar-refractivity contribution in [2.24, 2.45) is 5.41 Å². The van der Waals surface area contributed by atoms with E-state index < -0.39 is 28.6 Å². The van der Waals surface area contributed by atoms with Crippen LogP contribution in [0, 0.1) is 15.5 Å². The lowest BCUT2D eigenvalue weighted by Crippen LogP contribution is -2.50. The predicted octanol–water partition coefficient (Wildman–Crippen LogP) is 1.38. The molecule has 0 radical (unpaired) electrons. The fourth-order valence-electron chi connectivity index (χ4n) is 3.55. The number of hydrogen-bond donors (Lipinski definition) is 2. The molecule has 3 rings (SSSR count). The summed E-state index contributed by atoms with van der Waals surface area (Å²) in [4.78, 5) is 26.8. The van der Waals surface area contributed by atoms with Crippen LogP contribution in [0.5, 0.6) is 0 Å². The van der Waals surface area contributed by atoms with Gasteiger partial charge in [-0.3, -0.25) is 10.1 Å². The van der Waals surface area contributed by atoms with Crippen LogP contribution in [0.25, 0.3) is 0 Å². The van der Waals surface area contributed by atoms with E-state index in [0.717, 1.165) is 18.6 Å². The first-order valence-corrected chi connectivity index (χ1v) is 7.25. The van der Waals surface area contributed by atoms with Gasteiger partial charge in [-0.15, -0.1) is 0 Å². The first-order chi connectivity index (χ1) is 10.8. The molecule has 1 aliphatic heterocycles. The van der Waals surface area contributed by atoms with Crippen LogP contribution >= 0.6 is 0 Å². The van der Waals surface area contributed by atoms with Gasteiger partial charge in [0.1, 0.15) is 0 Å². The van der Waals surface area contributed by atoms with E-state index in [9.17, 15) is 20.0 Å². The molecule has 124 valence electrons. The molecule has 1 aromatic heterocycles. The maximum absolute atomic E-state index is 15.1. The molecule has 0 aromatic carbocycles. The zero-order chi connectivity index (χ0) is 16.8. The third kappa shape index (κ3) is 2.23. The smallest absolute Gasteiger partial charge is 0.354 e. The number of rotatable bonds is 4. The van der Waals surface area contributed by atoms with Gasteiger partial charge in [0.25, 0.3) is 0 Å². The van der Waals surface area contributed by atoms with Gasteiger partial charge in [-0.2, -0.15) is 0 Å². The Morgan fingerprint density at radius 3 is 2.57 bits per heavy atom. The molecule has 0 bridgehead atoms. The highest BCUT2D eigenvalue weighted by Gasteiger charge is 2.62. The summed E-state index contributed by atoms with van der Waals surface area (Å²) in [5.41, 5.74) is -3.31. The van der Waals surface area contributed by atoms with Crippen LogP contribution in [0.15, 0.2) is 12.1 Å². The van der Waals surface area contributed by atoms with Gasteiger partial charge >= 0.3 is 11.7 Å². The number of carboxylic acid groups (broad SMARTS) is 1. The highest BCUT2D eigenvalue weighted by Crippen LogP contribution is 2.56. The normalized spacial score (nSPS) is 25.4. The van der Waals surface area contributed by atoms with E-state index in [1.54, 1.807) is 0 Å². The fourth-order valence-corrected chi connectivity index (χ4v) is 3.55. The standard InChI is InChI=1S/C14H16FN3O5/c15-14(8-19)7-17(6-13(14)4-1-5-13)11-10(18(22)23)3-2-9(16-11)12(20)21/h2-3,19H,1,4-8H2,(H,20,21). The molecule has 9 heteroatoms. The highest BCUT2D eigenvalue weighted by molar-refractivity contribution is 5.86. The van der Waals surface area contributed by atoms with Gasteiger partial charge in [0.05, 0.1) is 18.1 Å². The summed E-state index contributed by atoms with van der Waals surface area (Å²) in [6.07, 6.45) is 2.02. The van der Waals surface area contributed by atoms with Gasteiger partial charge in [0, 0.05) is 18.0 Å². The Hall–Kier alpha value is -2.29. The van der Waals surface area contributed by atoms with Crippen molar-refractivity contribution < 1.29 is 24.3 Å². The van der Waals surface area contributed by atoms with Crippen molar-refractivity contribution in [1.82, 2.24) is 4.98 Å². The molecular weight excluding hydrogens is 309 g/mol. The van der Waals surface area contributed by atoms with Crippen LogP contribution in [0.1, 0.15) is 29.8 Å². The van der Waals surface area contributed by atoms with Crippen molar-refractivity contribution in [3.05, 3.63) is 27.9 Å². The number of aromatic nitrogens is 1. The minimum Gasteiger partial charge on any atom is -0.477 e. The lowest BCUT2D eigenvalue weighted by molar-refractivity contribution is -0.384. The molecule has 1 atom stereocenters. The Balaban J connectivity index is 2.03. The number of carbonyl (C=O) groups is 1. The molecule has 23 heavy (non-hydrogen) atoms. The molecule has 2 heterocycles. The lowest BCUT2D eigenvalue weighted by Gasteiger charge is -2.45.